The topological polar surface area (TPSA) is 78.8 Å². The number of nitrogens with zero attached hydrogens (tertiary/aromatic N) is 2. The fourth-order valence-corrected chi connectivity index (χ4v) is 4.19. The molecule has 0 bridgehead atoms. The summed E-state index contributed by atoms with van der Waals surface area (Å²) < 4.78 is 56.6. The number of hydrogen-bond donors (Lipinski definition) is 1. The average molecular weight is 421 g/mol. The molecule has 0 spiro atoms. The van der Waals surface area contributed by atoms with Crippen molar-refractivity contribution in [2.75, 3.05) is 18.9 Å². The second-order valence-corrected chi connectivity index (χ2v) is 8.40. The zero-order valence-electron chi connectivity index (χ0n) is 15.9. The lowest BCUT2D eigenvalue weighted by Gasteiger charge is -2.17. The Bertz CT molecular complexity index is 1050. The summed E-state index contributed by atoms with van der Waals surface area (Å²) in [5, 5.41) is 2.39. The average Bonchev–Trinajstić information content (AvgIpc) is 2.88. The van der Waals surface area contributed by atoms with Crippen LogP contribution in [-0.4, -0.2) is 38.7 Å². The van der Waals surface area contributed by atoms with Crippen LogP contribution < -0.4 is 5.32 Å². The predicted molar refractivity (Wildman–Crippen MR) is 106 cm³/mol. The van der Waals surface area contributed by atoms with Crippen molar-refractivity contribution in [3.8, 4) is 0 Å². The van der Waals surface area contributed by atoms with Crippen LogP contribution in [0.2, 0.25) is 0 Å². The standard InChI is InChI=1S/C20H21F2N3O3S/c1-25-12-4-2-3-11-18(25)24-29(27,28)15-8-5-7-14(13-15)23-20(26)16-9-6-10-17(21)19(16)22/h5-10,13H,2-4,11-12H2,1H3,(H,23,26)/b24-18-. The number of carbonyl (C=O) groups excluding carboxylic acids is 1. The van der Waals surface area contributed by atoms with E-state index in [0.717, 1.165) is 37.9 Å². The number of carbonyl (C=O) groups is 1. The number of nitrogens with one attached hydrogen (secondary N) is 1. The Morgan fingerprint density at radius 3 is 2.66 bits per heavy atom. The molecule has 1 amide bonds. The fourth-order valence-electron chi connectivity index (χ4n) is 3.05. The van der Waals surface area contributed by atoms with Crippen molar-refractivity contribution in [2.45, 2.75) is 30.6 Å². The molecule has 1 aliphatic rings. The Kier molecular flexibility index (Phi) is 6.26. The summed E-state index contributed by atoms with van der Waals surface area (Å²) in [6.45, 7) is 0.740. The minimum absolute atomic E-state index is 0.0971. The Hall–Kier alpha value is -2.81. The van der Waals surface area contributed by atoms with Gasteiger partial charge in [0.1, 0.15) is 5.84 Å². The van der Waals surface area contributed by atoms with E-state index in [1.807, 2.05) is 11.9 Å². The van der Waals surface area contributed by atoms with Gasteiger partial charge in [0.05, 0.1) is 10.5 Å². The van der Waals surface area contributed by atoms with Gasteiger partial charge in [0.15, 0.2) is 11.6 Å². The molecule has 6 nitrogen and oxygen atoms in total. The zero-order chi connectivity index (χ0) is 21.0. The first kappa shape index (κ1) is 20.9. The lowest BCUT2D eigenvalue weighted by Crippen LogP contribution is -2.26. The molecule has 0 unspecified atom stereocenters. The van der Waals surface area contributed by atoms with Gasteiger partial charge >= 0.3 is 0 Å². The van der Waals surface area contributed by atoms with Gasteiger partial charge in [0.2, 0.25) is 0 Å². The molecule has 1 fully saturated rings. The first-order valence-electron chi connectivity index (χ1n) is 9.18. The summed E-state index contributed by atoms with van der Waals surface area (Å²) in [6, 6.07) is 8.78. The molecule has 3 rings (SSSR count). The largest absolute Gasteiger partial charge is 0.362 e. The summed E-state index contributed by atoms with van der Waals surface area (Å²) in [6.07, 6.45) is 3.44. The number of amides is 1. The van der Waals surface area contributed by atoms with Crippen molar-refractivity contribution in [3.63, 3.8) is 0 Å². The van der Waals surface area contributed by atoms with E-state index in [4.69, 9.17) is 0 Å². The van der Waals surface area contributed by atoms with Gasteiger partial charge in [-0.25, -0.2) is 8.78 Å². The number of rotatable bonds is 4. The maximum atomic E-state index is 13.8. The monoisotopic (exact) mass is 421 g/mol. The molecule has 154 valence electrons. The van der Waals surface area contributed by atoms with Gasteiger partial charge in [-0.05, 0) is 43.2 Å². The van der Waals surface area contributed by atoms with Crippen LogP contribution in [0.15, 0.2) is 51.8 Å². The summed E-state index contributed by atoms with van der Waals surface area (Å²) >= 11 is 0. The van der Waals surface area contributed by atoms with Crippen molar-refractivity contribution in [1.82, 2.24) is 4.90 Å². The van der Waals surface area contributed by atoms with Gasteiger partial charge < -0.3 is 10.2 Å². The Labute approximate surface area is 168 Å². The first-order chi connectivity index (χ1) is 13.8. The Morgan fingerprint density at radius 2 is 1.86 bits per heavy atom. The van der Waals surface area contributed by atoms with E-state index >= 15 is 0 Å². The predicted octanol–water partition coefficient (Wildman–Crippen LogP) is 3.81. The molecule has 0 aromatic heterocycles. The first-order valence-corrected chi connectivity index (χ1v) is 10.6. The minimum atomic E-state index is -3.99. The van der Waals surface area contributed by atoms with E-state index in [1.165, 1.54) is 30.3 Å². The molecule has 1 N–H and O–H groups in total. The molecule has 0 saturated carbocycles. The molecule has 2 aromatic rings. The third-order valence-electron chi connectivity index (χ3n) is 4.65. The molecule has 0 atom stereocenters. The smallest absolute Gasteiger partial charge is 0.284 e. The Balaban J connectivity index is 1.85. The molecule has 9 heteroatoms. The second kappa shape index (κ2) is 8.69. The number of benzene rings is 2. The van der Waals surface area contributed by atoms with Crippen molar-refractivity contribution in [1.29, 1.82) is 0 Å². The van der Waals surface area contributed by atoms with Gasteiger partial charge in [-0.1, -0.05) is 18.6 Å². The highest BCUT2D eigenvalue weighted by Gasteiger charge is 2.20. The SMILES string of the molecule is CN1CCCCC/C1=N/S(=O)(=O)c1cccc(NC(=O)c2cccc(F)c2F)c1. The van der Waals surface area contributed by atoms with Gasteiger partial charge in [-0.2, -0.15) is 8.42 Å². The summed E-state index contributed by atoms with van der Waals surface area (Å²) in [4.78, 5) is 14.0. The van der Waals surface area contributed by atoms with Crippen LogP contribution in [0.25, 0.3) is 0 Å². The third kappa shape index (κ3) is 4.97. The van der Waals surface area contributed by atoms with Crippen molar-refractivity contribution < 1.29 is 22.0 Å². The Morgan fingerprint density at radius 1 is 1.10 bits per heavy atom. The van der Waals surface area contributed by atoms with Gasteiger partial charge in [-0.3, -0.25) is 4.79 Å². The maximum absolute atomic E-state index is 13.8. The van der Waals surface area contributed by atoms with E-state index in [0.29, 0.717) is 12.3 Å². The minimum Gasteiger partial charge on any atom is -0.362 e. The summed E-state index contributed by atoms with van der Waals surface area (Å²) in [5.41, 5.74) is -0.340. The molecule has 1 heterocycles. The number of sulfonamides is 1. The van der Waals surface area contributed by atoms with Crippen LogP contribution in [0, 0.1) is 11.6 Å². The van der Waals surface area contributed by atoms with Crippen LogP contribution in [0.5, 0.6) is 0 Å². The molecule has 2 aromatic carbocycles. The maximum Gasteiger partial charge on any atom is 0.284 e. The van der Waals surface area contributed by atoms with E-state index in [-0.39, 0.29) is 10.6 Å². The molecular weight excluding hydrogens is 400 g/mol. The van der Waals surface area contributed by atoms with E-state index in [2.05, 4.69) is 9.71 Å². The molecule has 0 radical (unpaired) electrons. The molecule has 29 heavy (non-hydrogen) atoms. The highest BCUT2D eigenvalue weighted by atomic mass is 32.2. The molecule has 1 saturated heterocycles. The highest BCUT2D eigenvalue weighted by Crippen LogP contribution is 2.21. The van der Waals surface area contributed by atoms with E-state index in [1.54, 1.807) is 0 Å². The van der Waals surface area contributed by atoms with Crippen molar-refractivity contribution >= 4 is 27.5 Å². The van der Waals surface area contributed by atoms with Crippen LogP contribution in [0.1, 0.15) is 36.0 Å². The van der Waals surface area contributed by atoms with Crippen molar-refractivity contribution in [2.24, 2.45) is 4.40 Å². The molecular formula is C20H21F2N3O3S. The number of amidine groups is 1. The quantitative estimate of drug-likeness (QED) is 0.814. The van der Waals surface area contributed by atoms with Gasteiger partial charge in [0.25, 0.3) is 15.9 Å². The summed E-state index contributed by atoms with van der Waals surface area (Å²) in [7, 11) is -2.18. The second-order valence-electron chi connectivity index (χ2n) is 6.80. The van der Waals surface area contributed by atoms with Gasteiger partial charge in [0, 0.05) is 25.7 Å². The molecule has 0 aliphatic carbocycles. The van der Waals surface area contributed by atoms with Crippen LogP contribution in [0.3, 0.4) is 0 Å². The number of likely N-dealkylation sites (tertiary alicyclic amines) is 1. The zero-order valence-corrected chi connectivity index (χ0v) is 16.7. The van der Waals surface area contributed by atoms with Crippen LogP contribution in [0.4, 0.5) is 14.5 Å². The van der Waals surface area contributed by atoms with E-state index < -0.39 is 33.1 Å². The summed E-state index contributed by atoms with van der Waals surface area (Å²) in [5.74, 6) is -2.79. The van der Waals surface area contributed by atoms with E-state index in [9.17, 15) is 22.0 Å². The lowest BCUT2D eigenvalue weighted by molar-refractivity contribution is 0.102. The fraction of sp³-hybridized carbons (Fsp3) is 0.300. The number of hydrogen-bond acceptors (Lipinski definition) is 3. The number of halogens is 2. The van der Waals surface area contributed by atoms with Crippen molar-refractivity contribution in [3.05, 3.63) is 59.7 Å². The van der Waals surface area contributed by atoms with Crippen LogP contribution >= 0.6 is 0 Å². The lowest BCUT2D eigenvalue weighted by atomic mass is 10.2. The number of anilines is 1. The molecule has 1 aliphatic heterocycles. The third-order valence-corrected chi connectivity index (χ3v) is 5.95. The van der Waals surface area contributed by atoms with Gasteiger partial charge in [-0.15, -0.1) is 4.40 Å². The normalized spacial score (nSPS) is 16.5. The highest BCUT2D eigenvalue weighted by molar-refractivity contribution is 7.90. The van der Waals surface area contributed by atoms with Crippen LogP contribution in [-0.2, 0) is 10.0 Å².